The molecule has 0 radical (unpaired) electrons. The second kappa shape index (κ2) is 6.07. The lowest BCUT2D eigenvalue weighted by Crippen LogP contribution is -2.47. The molecule has 2 N–H and O–H groups in total. The van der Waals surface area contributed by atoms with Gasteiger partial charge in [-0.3, -0.25) is 9.80 Å². The van der Waals surface area contributed by atoms with Gasteiger partial charge in [0.1, 0.15) is 0 Å². The van der Waals surface area contributed by atoms with Crippen molar-refractivity contribution in [3.8, 4) is 0 Å². The fourth-order valence-electron chi connectivity index (χ4n) is 3.37. The summed E-state index contributed by atoms with van der Waals surface area (Å²) in [4.78, 5) is 5.15. The number of hydrogen-bond acceptors (Lipinski definition) is 4. The summed E-state index contributed by atoms with van der Waals surface area (Å²) < 4.78 is 5.40. The van der Waals surface area contributed by atoms with Crippen LogP contribution in [0.25, 0.3) is 0 Å². The van der Waals surface area contributed by atoms with E-state index in [0.29, 0.717) is 6.04 Å². The van der Waals surface area contributed by atoms with Crippen LogP contribution in [-0.4, -0.2) is 61.8 Å². The normalized spacial score (nSPS) is 29.6. The summed E-state index contributed by atoms with van der Waals surface area (Å²) >= 11 is 0. The molecule has 0 bridgehead atoms. The van der Waals surface area contributed by atoms with Gasteiger partial charge in [0.15, 0.2) is 0 Å². The summed E-state index contributed by atoms with van der Waals surface area (Å²) in [5, 5.41) is 0. The minimum absolute atomic E-state index is 0.569. The molecule has 0 aromatic carbocycles. The number of piperidine rings is 1. The first-order valence-electron chi connectivity index (χ1n) is 7.52. The number of fused-ring (bicyclic) bond motifs is 1. The van der Waals surface area contributed by atoms with Crippen LogP contribution in [0.1, 0.15) is 19.3 Å². The fourth-order valence-corrected chi connectivity index (χ4v) is 3.37. The van der Waals surface area contributed by atoms with Crippen molar-refractivity contribution in [3.05, 3.63) is 23.4 Å². The molecule has 1 aliphatic carbocycles. The summed E-state index contributed by atoms with van der Waals surface area (Å²) in [5.74, 6) is 0. The lowest BCUT2D eigenvalue weighted by atomic mass is 9.88. The molecule has 2 saturated heterocycles. The van der Waals surface area contributed by atoms with Crippen LogP contribution in [0.4, 0.5) is 0 Å². The van der Waals surface area contributed by atoms with E-state index in [1.165, 1.54) is 19.4 Å². The van der Waals surface area contributed by atoms with Gasteiger partial charge >= 0.3 is 0 Å². The fraction of sp³-hybridized carbons (Fsp3) is 0.733. The second-order valence-electron chi connectivity index (χ2n) is 5.80. The molecule has 2 heterocycles. The van der Waals surface area contributed by atoms with Gasteiger partial charge in [-0.2, -0.15) is 0 Å². The number of allylic oxidation sites excluding steroid dienone is 2. The number of likely N-dealkylation sites (tertiary alicyclic amines) is 1. The highest BCUT2D eigenvalue weighted by Gasteiger charge is 2.28. The van der Waals surface area contributed by atoms with E-state index >= 15 is 0 Å². The molecule has 3 aliphatic rings. The molecular weight excluding hydrogens is 238 g/mol. The molecule has 19 heavy (non-hydrogen) atoms. The molecule has 0 spiro atoms. The van der Waals surface area contributed by atoms with Crippen LogP contribution >= 0.6 is 0 Å². The number of ether oxygens (including phenoxy) is 1. The molecule has 2 fully saturated rings. The highest BCUT2D eigenvalue weighted by atomic mass is 16.5. The molecule has 4 heteroatoms. The van der Waals surface area contributed by atoms with E-state index < -0.39 is 0 Å². The first kappa shape index (κ1) is 13.2. The lowest BCUT2D eigenvalue weighted by Gasteiger charge is -2.40. The quantitative estimate of drug-likeness (QED) is 0.823. The monoisotopic (exact) mass is 263 g/mol. The van der Waals surface area contributed by atoms with E-state index in [-0.39, 0.29) is 0 Å². The van der Waals surface area contributed by atoms with Gasteiger partial charge in [0.2, 0.25) is 0 Å². The standard InChI is InChI=1S/C15H25N3O/c16-14-4-3-13-2-1-5-18(15(13)12-14)7-6-17-8-10-19-11-9-17/h3-4,15H,1-2,5-12,16H2. The molecule has 2 aliphatic heterocycles. The molecule has 0 aromatic heterocycles. The van der Waals surface area contributed by atoms with Crippen molar-refractivity contribution in [2.75, 3.05) is 45.9 Å². The van der Waals surface area contributed by atoms with Crippen LogP contribution in [0, 0.1) is 0 Å². The van der Waals surface area contributed by atoms with E-state index in [0.717, 1.165) is 51.5 Å². The maximum Gasteiger partial charge on any atom is 0.0594 e. The summed E-state index contributed by atoms with van der Waals surface area (Å²) in [6.45, 7) is 7.51. The van der Waals surface area contributed by atoms with Gasteiger partial charge in [-0.1, -0.05) is 11.6 Å². The first-order valence-corrected chi connectivity index (χ1v) is 7.52. The average molecular weight is 263 g/mol. The maximum atomic E-state index is 6.01. The zero-order chi connectivity index (χ0) is 13.1. The van der Waals surface area contributed by atoms with Crippen molar-refractivity contribution in [1.82, 2.24) is 9.80 Å². The van der Waals surface area contributed by atoms with Crippen LogP contribution < -0.4 is 5.73 Å². The maximum absolute atomic E-state index is 6.01. The highest BCUT2D eigenvalue weighted by Crippen LogP contribution is 2.29. The van der Waals surface area contributed by atoms with E-state index in [1.54, 1.807) is 5.57 Å². The Morgan fingerprint density at radius 3 is 2.84 bits per heavy atom. The minimum atomic E-state index is 0.569. The summed E-state index contributed by atoms with van der Waals surface area (Å²) in [6, 6.07) is 0.569. The Morgan fingerprint density at radius 2 is 2.00 bits per heavy atom. The average Bonchev–Trinajstić information content (AvgIpc) is 2.46. The lowest BCUT2D eigenvalue weighted by molar-refractivity contribution is 0.0306. The Bertz CT molecular complexity index is 372. The number of morpholine rings is 1. The predicted octanol–water partition coefficient (Wildman–Crippen LogP) is 0.956. The molecule has 1 unspecified atom stereocenters. The zero-order valence-corrected chi connectivity index (χ0v) is 11.7. The topological polar surface area (TPSA) is 41.7 Å². The van der Waals surface area contributed by atoms with Crippen LogP contribution in [0.5, 0.6) is 0 Å². The smallest absolute Gasteiger partial charge is 0.0594 e. The summed E-state index contributed by atoms with van der Waals surface area (Å²) in [7, 11) is 0. The van der Waals surface area contributed by atoms with Crippen molar-refractivity contribution >= 4 is 0 Å². The van der Waals surface area contributed by atoms with Crippen molar-refractivity contribution in [2.24, 2.45) is 5.73 Å². The second-order valence-corrected chi connectivity index (χ2v) is 5.80. The summed E-state index contributed by atoms with van der Waals surface area (Å²) in [5.41, 5.74) is 8.63. The largest absolute Gasteiger partial charge is 0.402 e. The first-order chi connectivity index (χ1) is 9.33. The number of nitrogens with zero attached hydrogens (tertiary/aromatic N) is 2. The van der Waals surface area contributed by atoms with Crippen molar-refractivity contribution in [2.45, 2.75) is 25.3 Å². The highest BCUT2D eigenvalue weighted by molar-refractivity contribution is 5.29. The Kier molecular flexibility index (Phi) is 4.21. The SMILES string of the molecule is NC1=CC=C2CCCN(CCN3CCOCC3)C2C1. The van der Waals surface area contributed by atoms with Crippen LogP contribution in [-0.2, 0) is 4.74 Å². The number of nitrogens with two attached hydrogens (primary N) is 1. The van der Waals surface area contributed by atoms with E-state index in [2.05, 4.69) is 22.0 Å². The molecule has 4 nitrogen and oxygen atoms in total. The Hall–Kier alpha value is -0.840. The van der Waals surface area contributed by atoms with Gasteiger partial charge in [0.25, 0.3) is 0 Å². The third kappa shape index (κ3) is 3.19. The molecule has 1 atom stereocenters. The van der Waals surface area contributed by atoms with Crippen molar-refractivity contribution in [1.29, 1.82) is 0 Å². The van der Waals surface area contributed by atoms with E-state index in [1.807, 2.05) is 0 Å². The Balaban J connectivity index is 1.55. The third-order valence-corrected chi connectivity index (χ3v) is 4.53. The van der Waals surface area contributed by atoms with Gasteiger partial charge in [0, 0.05) is 44.3 Å². The van der Waals surface area contributed by atoms with Gasteiger partial charge in [0.05, 0.1) is 13.2 Å². The van der Waals surface area contributed by atoms with Crippen LogP contribution in [0.3, 0.4) is 0 Å². The Labute approximate surface area is 115 Å². The van der Waals surface area contributed by atoms with Gasteiger partial charge in [-0.15, -0.1) is 0 Å². The number of hydrogen-bond donors (Lipinski definition) is 1. The predicted molar refractivity (Wildman–Crippen MR) is 76.8 cm³/mol. The van der Waals surface area contributed by atoms with Crippen LogP contribution in [0.2, 0.25) is 0 Å². The molecule has 0 aromatic rings. The van der Waals surface area contributed by atoms with Gasteiger partial charge in [-0.05, 0) is 25.5 Å². The molecule has 106 valence electrons. The van der Waals surface area contributed by atoms with Crippen molar-refractivity contribution in [3.63, 3.8) is 0 Å². The number of rotatable bonds is 3. The van der Waals surface area contributed by atoms with Crippen LogP contribution in [0.15, 0.2) is 23.4 Å². The third-order valence-electron chi connectivity index (χ3n) is 4.53. The van der Waals surface area contributed by atoms with Gasteiger partial charge < -0.3 is 10.5 Å². The van der Waals surface area contributed by atoms with E-state index in [4.69, 9.17) is 10.5 Å². The van der Waals surface area contributed by atoms with E-state index in [9.17, 15) is 0 Å². The molecule has 0 saturated carbocycles. The molecular formula is C15H25N3O. The van der Waals surface area contributed by atoms with Gasteiger partial charge in [-0.25, -0.2) is 0 Å². The Morgan fingerprint density at radius 1 is 1.16 bits per heavy atom. The molecule has 3 rings (SSSR count). The zero-order valence-electron chi connectivity index (χ0n) is 11.7. The molecule has 0 amide bonds. The summed E-state index contributed by atoms with van der Waals surface area (Å²) in [6.07, 6.45) is 7.92. The van der Waals surface area contributed by atoms with Crippen molar-refractivity contribution < 1.29 is 4.74 Å². The minimum Gasteiger partial charge on any atom is -0.402 e.